The highest BCUT2D eigenvalue weighted by Crippen LogP contribution is 2.21. The first-order valence-electron chi connectivity index (χ1n) is 9.71. The van der Waals surface area contributed by atoms with Crippen LogP contribution >= 0.6 is 0 Å². The molecule has 1 aliphatic heterocycles. The number of rotatable bonds is 5. The number of nitrogens with one attached hydrogen (secondary N) is 1. The summed E-state index contributed by atoms with van der Waals surface area (Å²) in [6.07, 6.45) is 0.403. The molecule has 2 atom stereocenters. The Morgan fingerprint density at radius 2 is 1.85 bits per heavy atom. The van der Waals surface area contributed by atoms with Gasteiger partial charge in [-0.25, -0.2) is 0 Å². The lowest BCUT2D eigenvalue weighted by atomic mass is 10.1. The third kappa shape index (κ3) is 3.79. The molecule has 2 heterocycles. The average Bonchev–Trinajstić information content (AvgIpc) is 2.59. The van der Waals surface area contributed by atoms with Gasteiger partial charge < -0.3 is 14.6 Å². The molecule has 1 aromatic carbocycles. The van der Waals surface area contributed by atoms with Crippen molar-refractivity contribution in [2.45, 2.75) is 53.4 Å². The number of aryl methyl sites for hydroxylation is 1. The van der Waals surface area contributed by atoms with Crippen LogP contribution in [0, 0.1) is 6.92 Å². The first-order valence-corrected chi connectivity index (χ1v) is 9.71. The number of aromatic amines is 1. The lowest BCUT2D eigenvalue weighted by Crippen LogP contribution is -2.45. The van der Waals surface area contributed by atoms with Crippen molar-refractivity contribution in [1.29, 1.82) is 0 Å². The van der Waals surface area contributed by atoms with E-state index in [0.717, 1.165) is 54.0 Å². The number of anilines is 1. The molecule has 1 aromatic heterocycles. The van der Waals surface area contributed by atoms with E-state index in [0.29, 0.717) is 6.54 Å². The molecule has 3 rings (SSSR count). The maximum atomic E-state index is 13.2. The number of hydrogen-bond acceptors (Lipinski definition) is 4. The van der Waals surface area contributed by atoms with Crippen molar-refractivity contribution in [2.75, 3.05) is 31.1 Å². The van der Waals surface area contributed by atoms with E-state index in [4.69, 9.17) is 4.74 Å². The van der Waals surface area contributed by atoms with E-state index in [1.807, 2.05) is 19.1 Å². The number of aromatic nitrogens is 1. The first-order chi connectivity index (χ1) is 12.4. The summed E-state index contributed by atoms with van der Waals surface area (Å²) in [4.78, 5) is 21.3. The molecule has 0 bridgehead atoms. The summed E-state index contributed by atoms with van der Waals surface area (Å²) in [7, 11) is 0. The Kier molecular flexibility index (Phi) is 5.68. The Bertz CT molecular complexity index is 816. The van der Waals surface area contributed by atoms with Crippen LogP contribution in [0.3, 0.4) is 0 Å². The van der Waals surface area contributed by atoms with Crippen LogP contribution in [0.5, 0.6) is 0 Å². The van der Waals surface area contributed by atoms with E-state index in [-0.39, 0.29) is 17.6 Å². The van der Waals surface area contributed by atoms with Crippen molar-refractivity contribution in [3.63, 3.8) is 0 Å². The Hall–Kier alpha value is -1.85. The van der Waals surface area contributed by atoms with E-state index in [2.05, 4.69) is 48.5 Å². The van der Waals surface area contributed by atoms with E-state index in [9.17, 15) is 4.79 Å². The quantitative estimate of drug-likeness (QED) is 0.892. The van der Waals surface area contributed by atoms with Crippen LogP contribution in [-0.4, -0.2) is 48.3 Å². The normalized spacial score (nSPS) is 21.3. The van der Waals surface area contributed by atoms with Gasteiger partial charge in [-0.15, -0.1) is 0 Å². The van der Waals surface area contributed by atoms with Crippen molar-refractivity contribution in [1.82, 2.24) is 9.88 Å². The van der Waals surface area contributed by atoms with Gasteiger partial charge >= 0.3 is 0 Å². The van der Waals surface area contributed by atoms with Crippen LogP contribution in [0.2, 0.25) is 0 Å². The monoisotopic (exact) mass is 357 g/mol. The second-order valence-electron chi connectivity index (χ2n) is 7.41. The fourth-order valence-electron chi connectivity index (χ4n) is 4.05. The number of benzene rings is 1. The molecule has 2 aromatic rings. The summed E-state index contributed by atoms with van der Waals surface area (Å²) in [6.45, 7) is 14.7. The van der Waals surface area contributed by atoms with Crippen LogP contribution in [0.1, 0.15) is 39.0 Å². The number of ether oxygens (including phenoxy) is 1. The molecule has 142 valence electrons. The largest absolute Gasteiger partial charge is 0.373 e. The van der Waals surface area contributed by atoms with Crippen LogP contribution in [0.25, 0.3) is 10.9 Å². The first kappa shape index (κ1) is 18.9. The third-order valence-corrected chi connectivity index (χ3v) is 5.30. The highest BCUT2D eigenvalue weighted by molar-refractivity contribution is 5.83. The topological polar surface area (TPSA) is 48.6 Å². The fourth-order valence-corrected chi connectivity index (χ4v) is 4.05. The summed E-state index contributed by atoms with van der Waals surface area (Å²) in [5.41, 5.74) is 4.00. The van der Waals surface area contributed by atoms with Crippen molar-refractivity contribution in [3.05, 3.63) is 39.7 Å². The minimum Gasteiger partial charge on any atom is -0.373 e. The average molecular weight is 357 g/mol. The van der Waals surface area contributed by atoms with Gasteiger partial charge in [0, 0.05) is 60.6 Å². The third-order valence-electron chi connectivity index (χ3n) is 5.30. The molecule has 0 aliphatic carbocycles. The summed E-state index contributed by atoms with van der Waals surface area (Å²) >= 11 is 0. The van der Waals surface area contributed by atoms with Gasteiger partial charge in [0.05, 0.1) is 12.2 Å². The molecule has 5 heteroatoms. The minimum atomic E-state index is 0.150. The van der Waals surface area contributed by atoms with E-state index >= 15 is 0 Å². The summed E-state index contributed by atoms with van der Waals surface area (Å²) in [5, 5.41) is 0.782. The van der Waals surface area contributed by atoms with E-state index in [1.54, 1.807) is 0 Å². The minimum absolute atomic E-state index is 0.150. The van der Waals surface area contributed by atoms with Crippen LogP contribution in [0.15, 0.2) is 23.0 Å². The maximum absolute atomic E-state index is 13.2. The molecule has 1 fully saturated rings. The molecular formula is C21H31N3O2. The highest BCUT2D eigenvalue weighted by atomic mass is 16.5. The summed E-state index contributed by atoms with van der Waals surface area (Å²) in [6, 6.07) is 6.16. The molecule has 1 aliphatic rings. The standard InChI is InChI=1S/C21H31N3O2/c1-6-24(7-2)17-8-9-20-18(10-17)21(25)19(16(5)22-20)13-23-11-14(3)26-15(4)12-23/h8-10,14-15H,6-7,11-13H2,1-5H3,(H,22,25)/t14-,15-/m0/s1. The van der Waals surface area contributed by atoms with Crippen molar-refractivity contribution < 1.29 is 4.74 Å². The molecule has 0 radical (unpaired) electrons. The highest BCUT2D eigenvalue weighted by Gasteiger charge is 2.23. The van der Waals surface area contributed by atoms with Crippen LogP contribution in [-0.2, 0) is 11.3 Å². The maximum Gasteiger partial charge on any atom is 0.194 e. The van der Waals surface area contributed by atoms with Gasteiger partial charge in [-0.1, -0.05) is 0 Å². The number of pyridine rings is 1. The number of hydrogen-bond donors (Lipinski definition) is 1. The molecule has 0 spiro atoms. The SMILES string of the molecule is CCN(CC)c1ccc2[nH]c(C)c(CN3C[C@H](C)O[C@@H](C)C3)c(=O)c2c1. The van der Waals surface area contributed by atoms with Crippen molar-refractivity contribution in [3.8, 4) is 0 Å². The zero-order valence-corrected chi connectivity index (χ0v) is 16.6. The molecule has 0 unspecified atom stereocenters. The smallest absolute Gasteiger partial charge is 0.194 e. The van der Waals surface area contributed by atoms with Gasteiger partial charge in [-0.3, -0.25) is 9.69 Å². The second-order valence-corrected chi connectivity index (χ2v) is 7.41. The number of morpholine rings is 1. The van der Waals surface area contributed by atoms with Gasteiger partial charge in [-0.2, -0.15) is 0 Å². The second kappa shape index (κ2) is 7.80. The lowest BCUT2D eigenvalue weighted by molar-refractivity contribution is -0.0706. The van der Waals surface area contributed by atoms with Crippen LogP contribution < -0.4 is 10.3 Å². The van der Waals surface area contributed by atoms with Gasteiger partial charge in [0.1, 0.15) is 0 Å². The molecule has 1 saturated heterocycles. The lowest BCUT2D eigenvalue weighted by Gasteiger charge is -2.35. The number of nitrogens with zero attached hydrogens (tertiary/aromatic N) is 2. The van der Waals surface area contributed by atoms with E-state index < -0.39 is 0 Å². The molecular weight excluding hydrogens is 326 g/mol. The number of H-pyrrole nitrogens is 1. The predicted molar refractivity (Wildman–Crippen MR) is 108 cm³/mol. The fraction of sp³-hybridized carbons (Fsp3) is 0.571. The molecule has 5 nitrogen and oxygen atoms in total. The Labute approximate surface area is 156 Å². The van der Waals surface area contributed by atoms with Gasteiger partial charge in [-0.05, 0) is 52.8 Å². The molecule has 0 saturated carbocycles. The Morgan fingerprint density at radius 3 is 2.46 bits per heavy atom. The van der Waals surface area contributed by atoms with Crippen molar-refractivity contribution >= 4 is 16.6 Å². The molecule has 26 heavy (non-hydrogen) atoms. The van der Waals surface area contributed by atoms with Gasteiger partial charge in [0.2, 0.25) is 0 Å². The van der Waals surface area contributed by atoms with E-state index in [1.165, 1.54) is 0 Å². The molecule has 1 N–H and O–H groups in total. The van der Waals surface area contributed by atoms with Gasteiger partial charge in [0.15, 0.2) is 5.43 Å². The predicted octanol–water partition coefficient (Wildman–Crippen LogP) is 3.29. The Morgan fingerprint density at radius 1 is 1.19 bits per heavy atom. The summed E-state index contributed by atoms with van der Waals surface area (Å²) in [5.74, 6) is 0. The molecule has 0 amide bonds. The van der Waals surface area contributed by atoms with Crippen LogP contribution in [0.4, 0.5) is 5.69 Å². The van der Waals surface area contributed by atoms with Gasteiger partial charge in [0.25, 0.3) is 0 Å². The zero-order valence-electron chi connectivity index (χ0n) is 16.6. The summed E-state index contributed by atoms with van der Waals surface area (Å²) < 4.78 is 5.82. The zero-order chi connectivity index (χ0) is 18.8. The van der Waals surface area contributed by atoms with Crippen molar-refractivity contribution in [2.24, 2.45) is 0 Å². The Balaban J connectivity index is 1.98. The number of fused-ring (bicyclic) bond motifs is 1.